The number of amides is 1. The number of rotatable bonds is 5. The van der Waals surface area contributed by atoms with E-state index in [1.54, 1.807) is 0 Å². The molecule has 0 heterocycles. The number of alkyl halides is 3. The van der Waals surface area contributed by atoms with Crippen LogP contribution in [0.2, 0.25) is 0 Å². The quantitative estimate of drug-likeness (QED) is 0.854. The third-order valence-corrected chi connectivity index (χ3v) is 3.50. The number of carbonyl (C=O) groups is 1. The second kappa shape index (κ2) is 6.03. The average molecular weight is 351 g/mol. The second-order valence-electron chi connectivity index (χ2n) is 4.79. The number of benzene rings is 1. The van der Waals surface area contributed by atoms with E-state index >= 15 is 0 Å². The maximum atomic E-state index is 12.9. The number of halogens is 4. The van der Waals surface area contributed by atoms with Gasteiger partial charge in [-0.3, -0.25) is 4.79 Å². The molecule has 2 N–H and O–H groups in total. The Morgan fingerprint density at radius 3 is 2.65 bits per heavy atom. The zero-order chi connectivity index (χ0) is 14.8. The summed E-state index contributed by atoms with van der Waals surface area (Å²) in [6.45, 7) is 0.435. The summed E-state index contributed by atoms with van der Waals surface area (Å²) in [7, 11) is 0. The van der Waals surface area contributed by atoms with Crippen LogP contribution in [0.25, 0.3) is 0 Å². The Bertz CT molecular complexity index is 501. The highest BCUT2D eigenvalue weighted by Gasteiger charge is 2.33. The molecule has 0 bridgehead atoms. The van der Waals surface area contributed by atoms with E-state index in [1.807, 2.05) is 0 Å². The fourth-order valence-electron chi connectivity index (χ4n) is 1.72. The first-order chi connectivity index (χ1) is 9.36. The highest BCUT2D eigenvalue weighted by Crippen LogP contribution is 2.36. The predicted octanol–water partition coefficient (Wildman–Crippen LogP) is 3.41. The van der Waals surface area contributed by atoms with Crippen LogP contribution in [0, 0.1) is 5.92 Å². The van der Waals surface area contributed by atoms with Crippen LogP contribution in [0.4, 0.5) is 18.9 Å². The zero-order valence-corrected chi connectivity index (χ0v) is 12.1. The van der Waals surface area contributed by atoms with Gasteiger partial charge in [0, 0.05) is 16.7 Å². The Kier molecular flexibility index (Phi) is 4.57. The molecule has 0 saturated heterocycles. The fraction of sp³-hybridized carbons (Fsp3) is 0.462. The molecule has 20 heavy (non-hydrogen) atoms. The third-order valence-electron chi connectivity index (χ3n) is 3.01. The first-order valence-corrected chi connectivity index (χ1v) is 7.03. The van der Waals surface area contributed by atoms with E-state index in [4.69, 9.17) is 0 Å². The zero-order valence-electron chi connectivity index (χ0n) is 10.6. The Balaban J connectivity index is 1.95. The molecule has 1 amide bonds. The molecule has 0 aromatic heterocycles. The monoisotopic (exact) mass is 350 g/mol. The SMILES string of the molecule is O=C(CNc1ccc(Br)cc1C(F)(F)F)NCC1CC1. The number of hydrogen-bond acceptors (Lipinski definition) is 2. The fourth-order valence-corrected chi connectivity index (χ4v) is 2.08. The van der Waals surface area contributed by atoms with Crippen molar-refractivity contribution in [1.29, 1.82) is 0 Å². The van der Waals surface area contributed by atoms with Crippen LogP contribution < -0.4 is 10.6 Å². The molecule has 1 aromatic carbocycles. The maximum absolute atomic E-state index is 12.9. The van der Waals surface area contributed by atoms with Crippen molar-refractivity contribution >= 4 is 27.5 Å². The molecule has 1 aliphatic carbocycles. The summed E-state index contributed by atoms with van der Waals surface area (Å²) in [4.78, 5) is 11.5. The minimum Gasteiger partial charge on any atom is -0.376 e. The van der Waals surface area contributed by atoms with Gasteiger partial charge >= 0.3 is 6.18 Å². The first-order valence-electron chi connectivity index (χ1n) is 6.23. The highest BCUT2D eigenvalue weighted by atomic mass is 79.9. The molecule has 0 spiro atoms. The smallest absolute Gasteiger partial charge is 0.376 e. The standard InChI is InChI=1S/C13H14BrF3N2O/c14-9-3-4-11(10(5-9)13(15,16)17)18-7-12(20)19-6-8-1-2-8/h3-5,8,18H,1-2,6-7H2,(H,19,20). The molecule has 0 atom stereocenters. The van der Waals surface area contributed by atoms with Crippen molar-refractivity contribution in [2.45, 2.75) is 19.0 Å². The summed E-state index contributed by atoms with van der Waals surface area (Å²) in [5, 5.41) is 5.23. The summed E-state index contributed by atoms with van der Waals surface area (Å²) in [6.07, 6.45) is -2.24. The van der Waals surface area contributed by atoms with E-state index in [1.165, 1.54) is 12.1 Å². The van der Waals surface area contributed by atoms with Gasteiger partial charge in [-0.1, -0.05) is 15.9 Å². The molecule has 1 fully saturated rings. The molecule has 0 radical (unpaired) electrons. The first kappa shape index (κ1) is 15.2. The minimum atomic E-state index is -4.46. The summed E-state index contributed by atoms with van der Waals surface area (Å²) in [5.41, 5.74) is -0.885. The van der Waals surface area contributed by atoms with Gasteiger partial charge in [-0.2, -0.15) is 13.2 Å². The molecule has 1 aromatic rings. The van der Waals surface area contributed by atoms with Crippen molar-refractivity contribution < 1.29 is 18.0 Å². The van der Waals surface area contributed by atoms with Gasteiger partial charge in [-0.25, -0.2) is 0 Å². The van der Waals surface area contributed by atoms with Gasteiger partial charge < -0.3 is 10.6 Å². The molecule has 1 saturated carbocycles. The van der Waals surface area contributed by atoms with E-state index < -0.39 is 11.7 Å². The number of nitrogens with one attached hydrogen (secondary N) is 2. The Morgan fingerprint density at radius 2 is 2.05 bits per heavy atom. The van der Waals surface area contributed by atoms with E-state index in [-0.39, 0.29) is 18.1 Å². The lowest BCUT2D eigenvalue weighted by molar-refractivity contribution is -0.137. The lowest BCUT2D eigenvalue weighted by atomic mass is 10.1. The van der Waals surface area contributed by atoms with Crippen LogP contribution >= 0.6 is 15.9 Å². The topological polar surface area (TPSA) is 41.1 Å². The Labute approximate surface area is 123 Å². The van der Waals surface area contributed by atoms with Gasteiger partial charge in [-0.15, -0.1) is 0 Å². The molecule has 3 nitrogen and oxygen atoms in total. The molecule has 7 heteroatoms. The van der Waals surface area contributed by atoms with Gasteiger partial charge in [0.1, 0.15) is 0 Å². The lowest BCUT2D eigenvalue weighted by Crippen LogP contribution is -2.31. The van der Waals surface area contributed by atoms with E-state index in [0.717, 1.165) is 18.9 Å². The third kappa shape index (κ3) is 4.40. The molecule has 1 aliphatic rings. The van der Waals surface area contributed by atoms with Crippen LogP contribution in [0.3, 0.4) is 0 Å². The number of anilines is 1. The normalized spacial score (nSPS) is 15.0. The van der Waals surface area contributed by atoms with Crippen molar-refractivity contribution in [2.75, 3.05) is 18.4 Å². The van der Waals surface area contributed by atoms with Crippen LogP contribution in [0.5, 0.6) is 0 Å². The van der Waals surface area contributed by atoms with Crippen LogP contribution in [-0.4, -0.2) is 19.0 Å². The Hall–Kier alpha value is -1.24. The van der Waals surface area contributed by atoms with E-state index in [0.29, 0.717) is 16.9 Å². The lowest BCUT2D eigenvalue weighted by Gasteiger charge is -2.15. The van der Waals surface area contributed by atoms with Crippen LogP contribution in [0.1, 0.15) is 18.4 Å². The van der Waals surface area contributed by atoms with Crippen molar-refractivity contribution in [2.24, 2.45) is 5.92 Å². The van der Waals surface area contributed by atoms with Crippen molar-refractivity contribution in [3.05, 3.63) is 28.2 Å². The Morgan fingerprint density at radius 1 is 1.35 bits per heavy atom. The predicted molar refractivity (Wildman–Crippen MR) is 73.4 cm³/mol. The van der Waals surface area contributed by atoms with Gasteiger partial charge in [0.25, 0.3) is 0 Å². The van der Waals surface area contributed by atoms with Gasteiger partial charge in [-0.05, 0) is 37.0 Å². The molecule has 2 rings (SSSR count). The average Bonchev–Trinajstić information content (AvgIpc) is 3.17. The summed E-state index contributed by atoms with van der Waals surface area (Å²) >= 11 is 3.01. The van der Waals surface area contributed by atoms with Crippen molar-refractivity contribution in [3.63, 3.8) is 0 Å². The van der Waals surface area contributed by atoms with Gasteiger partial charge in [0.2, 0.25) is 5.91 Å². The second-order valence-corrected chi connectivity index (χ2v) is 5.70. The van der Waals surface area contributed by atoms with Crippen molar-refractivity contribution in [3.8, 4) is 0 Å². The molecule has 110 valence electrons. The summed E-state index contributed by atoms with van der Waals surface area (Å²) < 4.78 is 38.9. The number of carbonyl (C=O) groups excluding carboxylic acids is 1. The summed E-state index contributed by atoms with van der Waals surface area (Å²) in [6, 6.07) is 3.80. The molecular formula is C13H14BrF3N2O. The van der Waals surface area contributed by atoms with Gasteiger partial charge in [0.05, 0.1) is 12.1 Å². The van der Waals surface area contributed by atoms with E-state index in [9.17, 15) is 18.0 Å². The highest BCUT2D eigenvalue weighted by molar-refractivity contribution is 9.10. The van der Waals surface area contributed by atoms with Gasteiger partial charge in [0.15, 0.2) is 0 Å². The molecular weight excluding hydrogens is 337 g/mol. The molecule has 0 unspecified atom stereocenters. The largest absolute Gasteiger partial charge is 0.418 e. The maximum Gasteiger partial charge on any atom is 0.418 e. The van der Waals surface area contributed by atoms with Crippen LogP contribution in [0.15, 0.2) is 22.7 Å². The summed E-state index contributed by atoms with van der Waals surface area (Å²) in [5.74, 6) is 0.241. The van der Waals surface area contributed by atoms with E-state index in [2.05, 4.69) is 26.6 Å². The minimum absolute atomic E-state index is 0.0951. The number of hydrogen-bond donors (Lipinski definition) is 2. The van der Waals surface area contributed by atoms with Crippen LogP contribution in [-0.2, 0) is 11.0 Å². The molecule has 0 aliphatic heterocycles. The van der Waals surface area contributed by atoms with Crippen molar-refractivity contribution in [1.82, 2.24) is 5.32 Å².